The summed E-state index contributed by atoms with van der Waals surface area (Å²) in [7, 11) is 0. The van der Waals surface area contributed by atoms with E-state index in [9.17, 15) is 4.79 Å². The Balaban J connectivity index is 0.00000225. The van der Waals surface area contributed by atoms with Crippen molar-refractivity contribution in [3.05, 3.63) is 0 Å². The second kappa shape index (κ2) is 8.82. The summed E-state index contributed by atoms with van der Waals surface area (Å²) in [5, 5.41) is 3.01. The normalized spacial score (nSPS) is 24.6. The highest BCUT2D eigenvalue weighted by Crippen LogP contribution is 2.27. The van der Waals surface area contributed by atoms with Crippen LogP contribution in [0.1, 0.15) is 45.4 Å². The molecule has 0 aromatic carbocycles. The molecular formula is C12H25ClN2O. The van der Waals surface area contributed by atoms with Crippen molar-refractivity contribution < 1.29 is 4.79 Å². The maximum Gasteiger partial charge on any atom is 0.220 e. The monoisotopic (exact) mass is 248 g/mol. The van der Waals surface area contributed by atoms with Crippen molar-refractivity contribution in [2.75, 3.05) is 13.1 Å². The number of halogens is 1. The summed E-state index contributed by atoms with van der Waals surface area (Å²) in [5.41, 5.74) is 5.35. The van der Waals surface area contributed by atoms with Crippen molar-refractivity contribution >= 4 is 18.3 Å². The number of carbonyl (C=O) groups is 1. The Bertz CT molecular complexity index is 199. The molecule has 1 amide bonds. The molecule has 1 rings (SSSR count). The maximum atomic E-state index is 11.4. The Labute approximate surface area is 105 Å². The molecule has 1 fully saturated rings. The van der Waals surface area contributed by atoms with E-state index in [0.29, 0.717) is 18.9 Å². The van der Waals surface area contributed by atoms with E-state index in [1.54, 1.807) is 0 Å². The molecule has 0 heterocycles. The van der Waals surface area contributed by atoms with E-state index < -0.39 is 0 Å². The van der Waals surface area contributed by atoms with Gasteiger partial charge in [-0.1, -0.05) is 19.8 Å². The van der Waals surface area contributed by atoms with Crippen LogP contribution in [0.4, 0.5) is 0 Å². The predicted molar refractivity (Wildman–Crippen MR) is 69.7 cm³/mol. The molecule has 0 aromatic rings. The molecule has 0 radical (unpaired) electrons. The molecule has 96 valence electrons. The van der Waals surface area contributed by atoms with E-state index in [1.807, 2.05) is 0 Å². The highest BCUT2D eigenvalue weighted by molar-refractivity contribution is 5.85. The molecule has 1 aliphatic rings. The summed E-state index contributed by atoms with van der Waals surface area (Å²) in [4.78, 5) is 11.4. The zero-order valence-corrected chi connectivity index (χ0v) is 11.0. The third kappa shape index (κ3) is 6.33. The van der Waals surface area contributed by atoms with Crippen LogP contribution >= 0.6 is 12.4 Å². The van der Waals surface area contributed by atoms with E-state index in [-0.39, 0.29) is 18.3 Å². The molecule has 3 nitrogen and oxygen atoms in total. The van der Waals surface area contributed by atoms with Gasteiger partial charge in [0.2, 0.25) is 5.91 Å². The molecule has 16 heavy (non-hydrogen) atoms. The molecule has 2 atom stereocenters. The van der Waals surface area contributed by atoms with Gasteiger partial charge in [-0.3, -0.25) is 4.79 Å². The molecule has 0 spiro atoms. The molecule has 2 unspecified atom stereocenters. The van der Waals surface area contributed by atoms with Crippen LogP contribution in [-0.2, 0) is 4.79 Å². The van der Waals surface area contributed by atoms with Crippen LogP contribution in [0, 0.1) is 11.8 Å². The van der Waals surface area contributed by atoms with Gasteiger partial charge in [0.1, 0.15) is 0 Å². The fraction of sp³-hybridized carbons (Fsp3) is 0.917. The van der Waals surface area contributed by atoms with E-state index in [2.05, 4.69) is 12.2 Å². The van der Waals surface area contributed by atoms with Gasteiger partial charge in [0, 0.05) is 13.0 Å². The highest BCUT2D eigenvalue weighted by Gasteiger charge is 2.18. The maximum absolute atomic E-state index is 11.4. The lowest BCUT2D eigenvalue weighted by atomic mass is 9.82. The fourth-order valence-electron chi connectivity index (χ4n) is 2.35. The van der Waals surface area contributed by atoms with E-state index in [4.69, 9.17) is 5.73 Å². The average molecular weight is 249 g/mol. The van der Waals surface area contributed by atoms with Crippen LogP contribution in [-0.4, -0.2) is 19.0 Å². The first kappa shape index (κ1) is 15.7. The minimum Gasteiger partial charge on any atom is -0.356 e. The summed E-state index contributed by atoms with van der Waals surface area (Å²) in [6, 6.07) is 0. The minimum absolute atomic E-state index is 0. The summed E-state index contributed by atoms with van der Waals surface area (Å²) >= 11 is 0. The molecule has 1 saturated carbocycles. The van der Waals surface area contributed by atoms with Gasteiger partial charge in [-0.05, 0) is 37.6 Å². The van der Waals surface area contributed by atoms with Crippen LogP contribution in [0.5, 0.6) is 0 Å². The first-order valence-electron chi connectivity index (χ1n) is 6.19. The number of hydrogen-bond donors (Lipinski definition) is 2. The summed E-state index contributed by atoms with van der Waals surface area (Å²) in [6.45, 7) is 3.78. The van der Waals surface area contributed by atoms with Crippen molar-refractivity contribution in [1.29, 1.82) is 0 Å². The third-order valence-electron chi connectivity index (χ3n) is 3.24. The minimum atomic E-state index is 0. The lowest BCUT2D eigenvalue weighted by Crippen LogP contribution is -2.31. The van der Waals surface area contributed by atoms with Gasteiger partial charge in [-0.2, -0.15) is 0 Å². The number of nitrogens with two attached hydrogens (primary N) is 1. The van der Waals surface area contributed by atoms with Crippen LogP contribution < -0.4 is 11.1 Å². The fourth-order valence-corrected chi connectivity index (χ4v) is 2.35. The second-order valence-corrected chi connectivity index (χ2v) is 4.83. The second-order valence-electron chi connectivity index (χ2n) is 4.83. The molecule has 0 aliphatic heterocycles. The summed E-state index contributed by atoms with van der Waals surface area (Å²) < 4.78 is 0. The van der Waals surface area contributed by atoms with Crippen molar-refractivity contribution in [3.63, 3.8) is 0 Å². The standard InChI is InChI=1S/C12H24N2O.ClH/c1-10-4-2-5-11(8-10)9-14-12(15)6-3-7-13;/h10-11H,2-9,13H2,1H3,(H,14,15);1H. The van der Waals surface area contributed by atoms with Gasteiger partial charge in [0.15, 0.2) is 0 Å². The SMILES string of the molecule is CC1CCCC(CNC(=O)CCCN)C1.Cl. The van der Waals surface area contributed by atoms with Crippen molar-refractivity contribution in [2.24, 2.45) is 17.6 Å². The zero-order chi connectivity index (χ0) is 11.1. The van der Waals surface area contributed by atoms with Gasteiger partial charge < -0.3 is 11.1 Å². The predicted octanol–water partition coefficient (Wildman–Crippen LogP) is 2.09. The van der Waals surface area contributed by atoms with Crippen LogP contribution in [0.3, 0.4) is 0 Å². The third-order valence-corrected chi connectivity index (χ3v) is 3.24. The smallest absolute Gasteiger partial charge is 0.220 e. The molecule has 4 heteroatoms. The van der Waals surface area contributed by atoms with E-state index in [0.717, 1.165) is 18.9 Å². The van der Waals surface area contributed by atoms with Crippen LogP contribution in [0.2, 0.25) is 0 Å². The number of rotatable bonds is 5. The van der Waals surface area contributed by atoms with Gasteiger partial charge in [0.25, 0.3) is 0 Å². The Kier molecular flexibility index (Phi) is 8.67. The molecule has 0 saturated heterocycles. The van der Waals surface area contributed by atoms with Crippen LogP contribution in [0.15, 0.2) is 0 Å². The number of hydrogen-bond acceptors (Lipinski definition) is 2. The van der Waals surface area contributed by atoms with E-state index >= 15 is 0 Å². The first-order chi connectivity index (χ1) is 7.22. The zero-order valence-electron chi connectivity index (χ0n) is 10.2. The van der Waals surface area contributed by atoms with Crippen molar-refractivity contribution in [1.82, 2.24) is 5.32 Å². The highest BCUT2D eigenvalue weighted by atomic mass is 35.5. The van der Waals surface area contributed by atoms with E-state index in [1.165, 1.54) is 25.7 Å². The first-order valence-corrected chi connectivity index (χ1v) is 6.19. The molecule has 1 aliphatic carbocycles. The lowest BCUT2D eigenvalue weighted by Gasteiger charge is -2.26. The molecular weight excluding hydrogens is 224 g/mol. The lowest BCUT2D eigenvalue weighted by molar-refractivity contribution is -0.121. The number of carbonyl (C=O) groups excluding carboxylic acids is 1. The van der Waals surface area contributed by atoms with Crippen molar-refractivity contribution in [2.45, 2.75) is 45.4 Å². The van der Waals surface area contributed by atoms with Gasteiger partial charge in [-0.25, -0.2) is 0 Å². The van der Waals surface area contributed by atoms with Gasteiger partial charge in [0.05, 0.1) is 0 Å². The van der Waals surface area contributed by atoms with Gasteiger partial charge in [-0.15, -0.1) is 12.4 Å². The van der Waals surface area contributed by atoms with Gasteiger partial charge >= 0.3 is 0 Å². The topological polar surface area (TPSA) is 55.1 Å². The number of amides is 1. The Hall–Kier alpha value is -0.280. The molecule has 0 aromatic heterocycles. The van der Waals surface area contributed by atoms with Crippen LogP contribution in [0.25, 0.3) is 0 Å². The Morgan fingerprint density at radius 2 is 2.19 bits per heavy atom. The average Bonchev–Trinajstić information content (AvgIpc) is 2.23. The Morgan fingerprint density at radius 3 is 2.81 bits per heavy atom. The Morgan fingerprint density at radius 1 is 1.44 bits per heavy atom. The quantitative estimate of drug-likeness (QED) is 0.783. The van der Waals surface area contributed by atoms with Crippen molar-refractivity contribution in [3.8, 4) is 0 Å². The number of nitrogens with one attached hydrogen (secondary N) is 1. The summed E-state index contributed by atoms with van der Waals surface area (Å²) in [5.74, 6) is 1.71. The largest absolute Gasteiger partial charge is 0.356 e. The molecule has 0 bridgehead atoms. The molecule has 3 N–H and O–H groups in total. The summed E-state index contributed by atoms with van der Waals surface area (Å²) in [6.07, 6.45) is 6.62.